The summed E-state index contributed by atoms with van der Waals surface area (Å²) in [6, 6.07) is 14.5. The van der Waals surface area contributed by atoms with Crippen LogP contribution in [0.15, 0.2) is 48.7 Å². The summed E-state index contributed by atoms with van der Waals surface area (Å²) in [5, 5.41) is 15.6. The smallest absolute Gasteiger partial charge is 0.134 e. The third kappa shape index (κ3) is 4.83. The quantitative estimate of drug-likeness (QED) is 0.377. The normalized spacial score (nSPS) is 14.7. The van der Waals surface area contributed by atoms with E-state index in [-0.39, 0.29) is 5.41 Å². The van der Waals surface area contributed by atoms with Gasteiger partial charge in [-0.25, -0.2) is 4.98 Å². The molecule has 32 heavy (non-hydrogen) atoms. The fourth-order valence-corrected chi connectivity index (χ4v) is 4.79. The first kappa shape index (κ1) is 22.4. The summed E-state index contributed by atoms with van der Waals surface area (Å²) in [5.74, 6) is 2.46. The molecule has 170 valence electrons. The first-order chi connectivity index (χ1) is 15.7. The molecule has 3 aromatic rings. The number of anilines is 1. The molecular weight excluding hydrogens is 400 g/mol. The second kappa shape index (κ2) is 10.2. The highest BCUT2D eigenvalue weighted by Gasteiger charge is 2.35. The monoisotopic (exact) mass is 434 g/mol. The Labute approximate surface area is 190 Å². The Hall–Kier alpha value is -2.79. The van der Waals surface area contributed by atoms with E-state index in [2.05, 4.69) is 34.6 Å². The van der Waals surface area contributed by atoms with E-state index in [1.165, 1.54) is 36.6 Å². The Morgan fingerprint density at radius 3 is 2.59 bits per heavy atom. The van der Waals surface area contributed by atoms with Crippen molar-refractivity contribution in [2.75, 3.05) is 26.1 Å². The standard InChI is InChI=1S/C27H34N2O3/c1-31-22-11-10-21(25(17-22)32-2)18-29-26-24-9-5-8-20(23(24)12-16-28-26)7-3-4-13-27(19-30)14-6-15-27/h5,8-12,16-17,30H,3-4,6-7,13-15,18-19H2,1-2H3,(H,28,29). The molecule has 0 atom stereocenters. The molecule has 0 bridgehead atoms. The molecule has 1 aromatic heterocycles. The van der Waals surface area contributed by atoms with Crippen molar-refractivity contribution >= 4 is 16.6 Å². The number of hydrogen-bond acceptors (Lipinski definition) is 5. The molecule has 2 aromatic carbocycles. The summed E-state index contributed by atoms with van der Waals surface area (Å²) in [4.78, 5) is 4.61. The first-order valence-corrected chi connectivity index (χ1v) is 11.6. The maximum absolute atomic E-state index is 9.69. The Kier molecular flexibility index (Phi) is 7.15. The highest BCUT2D eigenvalue weighted by molar-refractivity contribution is 5.94. The minimum Gasteiger partial charge on any atom is -0.497 e. The van der Waals surface area contributed by atoms with Crippen LogP contribution >= 0.6 is 0 Å². The van der Waals surface area contributed by atoms with Gasteiger partial charge in [-0.15, -0.1) is 0 Å². The van der Waals surface area contributed by atoms with Gasteiger partial charge < -0.3 is 19.9 Å². The van der Waals surface area contributed by atoms with Gasteiger partial charge in [0.05, 0.1) is 14.2 Å². The van der Waals surface area contributed by atoms with Gasteiger partial charge in [0, 0.05) is 36.4 Å². The van der Waals surface area contributed by atoms with Gasteiger partial charge in [0.1, 0.15) is 17.3 Å². The topological polar surface area (TPSA) is 63.6 Å². The number of aromatic nitrogens is 1. The minimum atomic E-state index is 0.224. The summed E-state index contributed by atoms with van der Waals surface area (Å²) in [5.41, 5.74) is 2.64. The molecule has 0 unspecified atom stereocenters. The Bertz CT molecular complexity index is 1040. The third-order valence-electron chi connectivity index (χ3n) is 6.99. The van der Waals surface area contributed by atoms with Crippen LogP contribution in [-0.2, 0) is 13.0 Å². The van der Waals surface area contributed by atoms with Crippen LogP contribution in [0.5, 0.6) is 11.5 Å². The Morgan fingerprint density at radius 1 is 1.00 bits per heavy atom. The van der Waals surface area contributed by atoms with Crippen molar-refractivity contribution in [3.8, 4) is 11.5 Å². The molecule has 0 aliphatic heterocycles. The van der Waals surface area contributed by atoms with Crippen molar-refractivity contribution in [3.63, 3.8) is 0 Å². The molecule has 1 aliphatic rings. The summed E-state index contributed by atoms with van der Waals surface area (Å²) < 4.78 is 10.8. The summed E-state index contributed by atoms with van der Waals surface area (Å²) in [6.45, 7) is 0.966. The molecule has 5 nitrogen and oxygen atoms in total. The summed E-state index contributed by atoms with van der Waals surface area (Å²) >= 11 is 0. The zero-order valence-electron chi connectivity index (χ0n) is 19.2. The van der Waals surface area contributed by atoms with Crippen LogP contribution in [0.3, 0.4) is 0 Å². The number of fused-ring (bicyclic) bond motifs is 1. The molecule has 1 saturated carbocycles. The van der Waals surface area contributed by atoms with Crippen molar-refractivity contribution in [2.24, 2.45) is 5.41 Å². The predicted octanol–water partition coefficient (Wildman–Crippen LogP) is 5.74. The lowest BCUT2D eigenvalue weighted by atomic mass is 9.66. The summed E-state index contributed by atoms with van der Waals surface area (Å²) in [7, 11) is 3.33. The lowest BCUT2D eigenvalue weighted by Gasteiger charge is -2.40. The fraction of sp³-hybridized carbons (Fsp3) is 0.444. The maximum atomic E-state index is 9.69. The van der Waals surface area contributed by atoms with Crippen LogP contribution in [0, 0.1) is 5.41 Å². The molecule has 1 fully saturated rings. The number of pyridine rings is 1. The van der Waals surface area contributed by atoms with Crippen LogP contribution < -0.4 is 14.8 Å². The molecule has 0 saturated heterocycles. The molecule has 4 rings (SSSR count). The van der Waals surface area contributed by atoms with E-state index in [1.54, 1.807) is 14.2 Å². The predicted molar refractivity (Wildman–Crippen MR) is 130 cm³/mol. The van der Waals surface area contributed by atoms with E-state index in [9.17, 15) is 5.11 Å². The van der Waals surface area contributed by atoms with Crippen LogP contribution in [0.2, 0.25) is 0 Å². The highest BCUT2D eigenvalue weighted by atomic mass is 16.5. The number of aryl methyl sites for hydroxylation is 1. The van der Waals surface area contributed by atoms with Gasteiger partial charge in [0.2, 0.25) is 0 Å². The molecule has 5 heteroatoms. The van der Waals surface area contributed by atoms with Crippen LogP contribution in [0.25, 0.3) is 10.8 Å². The van der Waals surface area contributed by atoms with E-state index in [4.69, 9.17) is 9.47 Å². The number of unbranched alkanes of at least 4 members (excludes halogenated alkanes) is 1. The molecule has 1 aliphatic carbocycles. The van der Waals surface area contributed by atoms with E-state index in [0.29, 0.717) is 13.2 Å². The SMILES string of the molecule is COc1ccc(CNc2nccc3c(CCCCC4(CO)CCC4)cccc23)c(OC)c1. The van der Waals surface area contributed by atoms with Gasteiger partial charge >= 0.3 is 0 Å². The number of nitrogens with zero attached hydrogens (tertiary/aromatic N) is 1. The largest absolute Gasteiger partial charge is 0.497 e. The van der Waals surface area contributed by atoms with E-state index >= 15 is 0 Å². The number of rotatable bonds is 11. The van der Waals surface area contributed by atoms with Gasteiger partial charge in [-0.3, -0.25) is 0 Å². The zero-order valence-corrected chi connectivity index (χ0v) is 19.2. The van der Waals surface area contributed by atoms with Crippen molar-refractivity contribution in [1.29, 1.82) is 0 Å². The third-order valence-corrected chi connectivity index (χ3v) is 6.99. The first-order valence-electron chi connectivity index (χ1n) is 11.6. The van der Waals surface area contributed by atoms with Gasteiger partial charge in [0.25, 0.3) is 0 Å². The average Bonchev–Trinajstić information content (AvgIpc) is 2.81. The second-order valence-corrected chi connectivity index (χ2v) is 8.92. The van der Waals surface area contributed by atoms with Crippen molar-refractivity contribution < 1.29 is 14.6 Å². The number of benzene rings is 2. The zero-order chi connectivity index (χ0) is 22.4. The molecule has 2 N–H and O–H groups in total. The van der Waals surface area contributed by atoms with Gasteiger partial charge in [-0.1, -0.05) is 31.0 Å². The number of aliphatic hydroxyl groups is 1. The van der Waals surface area contributed by atoms with Gasteiger partial charge in [0.15, 0.2) is 0 Å². The van der Waals surface area contributed by atoms with Gasteiger partial charge in [-0.2, -0.15) is 0 Å². The molecule has 0 spiro atoms. The van der Waals surface area contributed by atoms with Crippen LogP contribution in [0.4, 0.5) is 5.82 Å². The van der Waals surface area contributed by atoms with Gasteiger partial charge in [-0.05, 0) is 66.7 Å². The summed E-state index contributed by atoms with van der Waals surface area (Å²) in [6.07, 6.45) is 10.1. The molecule has 0 amide bonds. The van der Waals surface area contributed by atoms with Crippen LogP contribution in [0.1, 0.15) is 49.7 Å². The lowest BCUT2D eigenvalue weighted by Crippen LogP contribution is -2.33. The minimum absolute atomic E-state index is 0.224. The maximum Gasteiger partial charge on any atom is 0.134 e. The molecule has 0 radical (unpaired) electrons. The molecular formula is C27H34N2O3. The van der Waals surface area contributed by atoms with E-state index < -0.39 is 0 Å². The number of methoxy groups -OCH3 is 2. The molecule has 1 heterocycles. The number of nitrogens with one attached hydrogen (secondary N) is 1. The number of aliphatic hydroxyl groups excluding tert-OH is 1. The average molecular weight is 435 g/mol. The lowest BCUT2D eigenvalue weighted by molar-refractivity contribution is 0.0338. The van der Waals surface area contributed by atoms with E-state index in [0.717, 1.165) is 47.5 Å². The fourth-order valence-electron chi connectivity index (χ4n) is 4.79. The Balaban J connectivity index is 1.44. The van der Waals surface area contributed by atoms with E-state index in [1.807, 2.05) is 24.4 Å². The highest BCUT2D eigenvalue weighted by Crippen LogP contribution is 2.44. The van der Waals surface area contributed by atoms with Crippen molar-refractivity contribution in [2.45, 2.75) is 51.5 Å². The van der Waals surface area contributed by atoms with Crippen molar-refractivity contribution in [1.82, 2.24) is 4.98 Å². The number of hydrogen-bond donors (Lipinski definition) is 2. The number of ether oxygens (including phenoxy) is 2. The Morgan fingerprint density at radius 2 is 1.88 bits per heavy atom. The second-order valence-electron chi connectivity index (χ2n) is 8.92. The van der Waals surface area contributed by atoms with Crippen LogP contribution in [-0.4, -0.2) is 30.9 Å². The van der Waals surface area contributed by atoms with Crippen molar-refractivity contribution in [3.05, 3.63) is 59.8 Å².